The largest absolute Gasteiger partial charge is 0.462 e. The van der Waals surface area contributed by atoms with Crippen LogP contribution in [-0.4, -0.2) is 23.4 Å². The second-order valence-corrected chi connectivity index (χ2v) is 6.53. The van der Waals surface area contributed by atoms with Gasteiger partial charge >= 0.3 is 5.97 Å². The third kappa shape index (κ3) is 4.25. The Hall–Kier alpha value is -3.48. The topological polar surface area (TPSA) is 98.5 Å². The Labute approximate surface area is 162 Å². The Morgan fingerprint density at radius 2 is 1.86 bits per heavy atom. The van der Waals surface area contributed by atoms with E-state index in [2.05, 4.69) is 5.32 Å². The SMILES string of the molecule is CC1=C(C(=O)OCCc2ccccc2)[C@@H](c2ccccc2[N+](=O)[O-])CC(=O)N1. The number of allylic oxidation sites excluding steroid dienone is 1. The normalized spacial score (nSPS) is 16.5. The summed E-state index contributed by atoms with van der Waals surface area (Å²) in [6.07, 6.45) is 0.507. The molecule has 0 saturated carbocycles. The van der Waals surface area contributed by atoms with Crippen molar-refractivity contribution in [3.63, 3.8) is 0 Å². The fourth-order valence-electron chi connectivity index (χ4n) is 3.37. The Morgan fingerprint density at radius 3 is 2.57 bits per heavy atom. The molecular formula is C21H20N2O5. The second kappa shape index (κ2) is 8.47. The first-order chi connectivity index (χ1) is 13.5. The summed E-state index contributed by atoms with van der Waals surface area (Å²) in [5, 5.41) is 14.0. The van der Waals surface area contributed by atoms with E-state index in [-0.39, 0.29) is 30.2 Å². The van der Waals surface area contributed by atoms with E-state index in [1.807, 2.05) is 30.3 Å². The van der Waals surface area contributed by atoms with Crippen LogP contribution >= 0.6 is 0 Å². The molecule has 1 atom stereocenters. The van der Waals surface area contributed by atoms with Crippen molar-refractivity contribution >= 4 is 17.6 Å². The number of nitro groups is 1. The highest BCUT2D eigenvalue weighted by atomic mass is 16.6. The molecule has 28 heavy (non-hydrogen) atoms. The number of rotatable bonds is 6. The van der Waals surface area contributed by atoms with Crippen molar-refractivity contribution in [2.75, 3.05) is 6.61 Å². The molecule has 0 spiro atoms. The van der Waals surface area contributed by atoms with Gasteiger partial charge in [0.25, 0.3) is 5.69 Å². The summed E-state index contributed by atoms with van der Waals surface area (Å²) in [5.74, 6) is -1.59. The van der Waals surface area contributed by atoms with Gasteiger partial charge in [-0.1, -0.05) is 48.5 Å². The van der Waals surface area contributed by atoms with Crippen LogP contribution in [0.2, 0.25) is 0 Å². The van der Waals surface area contributed by atoms with E-state index in [9.17, 15) is 19.7 Å². The number of benzene rings is 2. The van der Waals surface area contributed by atoms with Gasteiger partial charge in [-0.25, -0.2) is 4.79 Å². The number of carbonyl (C=O) groups excluding carboxylic acids is 2. The van der Waals surface area contributed by atoms with E-state index in [1.54, 1.807) is 25.1 Å². The Balaban J connectivity index is 1.84. The predicted octanol–water partition coefficient (Wildman–Crippen LogP) is 3.26. The molecule has 0 saturated heterocycles. The Kier molecular flexibility index (Phi) is 5.84. The maximum absolute atomic E-state index is 12.8. The highest BCUT2D eigenvalue weighted by molar-refractivity contribution is 5.96. The van der Waals surface area contributed by atoms with Gasteiger partial charge in [0, 0.05) is 36.1 Å². The number of nitrogens with zero attached hydrogens (tertiary/aromatic N) is 1. The lowest BCUT2D eigenvalue weighted by Crippen LogP contribution is -2.34. The van der Waals surface area contributed by atoms with Crippen LogP contribution in [0.25, 0.3) is 0 Å². The molecule has 2 aromatic rings. The molecule has 1 N–H and O–H groups in total. The maximum Gasteiger partial charge on any atom is 0.336 e. The van der Waals surface area contributed by atoms with Crippen molar-refractivity contribution in [2.24, 2.45) is 0 Å². The molecule has 1 amide bonds. The van der Waals surface area contributed by atoms with Crippen LogP contribution in [0, 0.1) is 10.1 Å². The van der Waals surface area contributed by atoms with Gasteiger partial charge in [0.15, 0.2) is 0 Å². The number of hydrogen-bond acceptors (Lipinski definition) is 5. The number of nitro benzene ring substituents is 1. The number of nitrogens with one attached hydrogen (secondary N) is 1. The first-order valence-electron chi connectivity index (χ1n) is 8.92. The molecule has 0 aliphatic carbocycles. The van der Waals surface area contributed by atoms with Crippen LogP contribution < -0.4 is 5.32 Å². The van der Waals surface area contributed by atoms with Crippen LogP contribution in [0.3, 0.4) is 0 Å². The average molecular weight is 380 g/mol. The van der Waals surface area contributed by atoms with Gasteiger partial charge in [0.05, 0.1) is 17.1 Å². The summed E-state index contributed by atoms with van der Waals surface area (Å²) in [4.78, 5) is 35.7. The minimum absolute atomic E-state index is 0.0503. The van der Waals surface area contributed by atoms with Crippen molar-refractivity contribution in [1.29, 1.82) is 0 Å². The van der Waals surface area contributed by atoms with Crippen molar-refractivity contribution in [2.45, 2.75) is 25.7 Å². The van der Waals surface area contributed by atoms with Crippen LogP contribution in [0.1, 0.15) is 30.4 Å². The smallest absolute Gasteiger partial charge is 0.336 e. The van der Waals surface area contributed by atoms with Crippen molar-refractivity contribution < 1.29 is 19.2 Å². The molecule has 2 aromatic carbocycles. The molecule has 0 radical (unpaired) electrons. The number of para-hydroxylation sites is 1. The molecule has 1 aliphatic heterocycles. The van der Waals surface area contributed by atoms with E-state index >= 15 is 0 Å². The highest BCUT2D eigenvalue weighted by Gasteiger charge is 2.36. The number of ether oxygens (including phenoxy) is 1. The third-order valence-electron chi connectivity index (χ3n) is 4.66. The second-order valence-electron chi connectivity index (χ2n) is 6.53. The molecule has 144 valence electrons. The van der Waals surface area contributed by atoms with Gasteiger partial charge in [-0.05, 0) is 12.5 Å². The van der Waals surface area contributed by atoms with E-state index in [4.69, 9.17) is 4.74 Å². The first-order valence-corrected chi connectivity index (χ1v) is 8.92. The highest BCUT2D eigenvalue weighted by Crippen LogP contribution is 2.37. The summed E-state index contributed by atoms with van der Waals surface area (Å²) < 4.78 is 5.43. The zero-order chi connectivity index (χ0) is 20.1. The van der Waals surface area contributed by atoms with Crippen LogP contribution in [0.15, 0.2) is 65.9 Å². The molecule has 3 rings (SSSR count). The molecule has 1 aliphatic rings. The van der Waals surface area contributed by atoms with E-state index < -0.39 is 16.8 Å². The van der Waals surface area contributed by atoms with Crippen molar-refractivity contribution in [3.05, 3.63) is 87.1 Å². The number of esters is 1. The molecule has 0 fully saturated rings. The minimum Gasteiger partial charge on any atom is -0.462 e. The van der Waals surface area contributed by atoms with E-state index in [1.165, 1.54) is 6.07 Å². The molecule has 7 nitrogen and oxygen atoms in total. The van der Waals surface area contributed by atoms with Gasteiger partial charge in [-0.2, -0.15) is 0 Å². The molecule has 7 heteroatoms. The monoisotopic (exact) mass is 380 g/mol. The van der Waals surface area contributed by atoms with Gasteiger partial charge < -0.3 is 10.1 Å². The molecular weight excluding hydrogens is 360 g/mol. The standard InChI is InChI=1S/C21H20N2O5/c1-14-20(21(25)28-12-11-15-7-3-2-4-8-15)17(13-19(24)22-14)16-9-5-6-10-18(16)23(26)27/h2-10,17H,11-13H2,1H3,(H,22,24)/t17-/m1/s1. The van der Waals surface area contributed by atoms with Crippen LogP contribution in [-0.2, 0) is 20.7 Å². The number of carbonyl (C=O) groups is 2. The molecule has 0 unspecified atom stereocenters. The molecule has 0 bridgehead atoms. The van der Waals surface area contributed by atoms with E-state index in [0.717, 1.165) is 5.56 Å². The van der Waals surface area contributed by atoms with Gasteiger partial charge in [0.1, 0.15) is 0 Å². The lowest BCUT2D eigenvalue weighted by Gasteiger charge is -2.26. The van der Waals surface area contributed by atoms with Crippen LogP contribution in [0.5, 0.6) is 0 Å². The maximum atomic E-state index is 12.8. The number of amides is 1. The van der Waals surface area contributed by atoms with Crippen molar-refractivity contribution in [1.82, 2.24) is 5.32 Å². The Morgan fingerprint density at radius 1 is 1.18 bits per heavy atom. The first kappa shape index (κ1) is 19.3. The summed E-state index contributed by atoms with van der Waals surface area (Å²) in [5.41, 5.74) is 1.86. The Bertz CT molecular complexity index is 937. The fraction of sp³-hybridized carbons (Fsp3) is 0.238. The summed E-state index contributed by atoms with van der Waals surface area (Å²) in [6, 6.07) is 15.8. The van der Waals surface area contributed by atoms with Gasteiger partial charge in [-0.15, -0.1) is 0 Å². The van der Waals surface area contributed by atoms with Crippen LogP contribution in [0.4, 0.5) is 5.69 Å². The van der Waals surface area contributed by atoms with Gasteiger partial charge in [0.2, 0.25) is 5.91 Å². The zero-order valence-electron chi connectivity index (χ0n) is 15.4. The predicted molar refractivity (Wildman–Crippen MR) is 102 cm³/mol. The summed E-state index contributed by atoms with van der Waals surface area (Å²) >= 11 is 0. The fourth-order valence-corrected chi connectivity index (χ4v) is 3.37. The molecule has 1 heterocycles. The third-order valence-corrected chi connectivity index (χ3v) is 4.66. The quantitative estimate of drug-likeness (QED) is 0.471. The number of hydrogen-bond donors (Lipinski definition) is 1. The molecule has 0 aromatic heterocycles. The zero-order valence-corrected chi connectivity index (χ0v) is 15.4. The average Bonchev–Trinajstić information content (AvgIpc) is 2.68. The van der Waals surface area contributed by atoms with Crippen molar-refractivity contribution in [3.8, 4) is 0 Å². The van der Waals surface area contributed by atoms with Gasteiger partial charge in [-0.3, -0.25) is 14.9 Å². The summed E-state index contributed by atoms with van der Waals surface area (Å²) in [7, 11) is 0. The summed E-state index contributed by atoms with van der Waals surface area (Å²) in [6.45, 7) is 1.78. The lowest BCUT2D eigenvalue weighted by molar-refractivity contribution is -0.385. The minimum atomic E-state index is -0.723. The van der Waals surface area contributed by atoms with E-state index in [0.29, 0.717) is 17.7 Å². The lowest BCUT2D eigenvalue weighted by atomic mass is 9.83.